The first kappa shape index (κ1) is 9.71. The first-order valence-corrected chi connectivity index (χ1v) is 4.71. The lowest BCUT2D eigenvalue weighted by Crippen LogP contribution is -2.30. The number of benzene rings is 1. The Bertz CT molecular complexity index is 388. The molecule has 1 fully saturated rings. The quantitative estimate of drug-likeness (QED) is 0.562. The van der Waals surface area contributed by atoms with Gasteiger partial charge in [0.25, 0.3) is 0 Å². The smallest absolute Gasteiger partial charge is 0.319 e. The number of hydrogen-bond acceptors (Lipinski definition) is 3. The molecule has 78 valence electrons. The fourth-order valence-corrected chi connectivity index (χ4v) is 1.83. The molecule has 2 atom stereocenters. The van der Waals surface area contributed by atoms with E-state index in [0.717, 1.165) is 5.56 Å². The van der Waals surface area contributed by atoms with E-state index in [1.807, 2.05) is 30.3 Å². The number of primary amides is 1. The second-order valence-corrected chi connectivity index (χ2v) is 3.53. The number of rotatable bonds is 2. The van der Waals surface area contributed by atoms with E-state index in [9.17, 15) is 9.59 Å². The van der Waals surface area contributed by atoms with Crippen LogP contribution < -0.4 is 5.73 Å². The summed E-state index contributed by atoms with van der Waals surface area (Å²) in [6.45, 7) is 0.233. The van der Waals surface area contributed by atoms with E-state index in [0.29, 0.717) is 0 Å². The van der Waals surface area contributed by atoms with E-state index in [1.54, 1.807) is 0 Å². The predicted octanol–water partition coefficient (Wildman–Crippen LogP) is 0.428. The van der Waals surface area contributed by atoms with E-state index in [2.05, 4.69) is 0 Å². The van der Waals surface area contributed by atoms with Crippen LogP contribution >= 0.6 is 0 Å². The topological polar surface area (TPSA) is 69.4 Å². The van der Waals surface area contributed by atoms with Gasteiger partial charge in [-0.25, -0.2) is 0 Å². The van der Waals surface area contributed by atoms with Crippen molar-refractivity contribution in [1.29, 1.82) is 0 Å². The van der Waals surface area contributed by atoms with E-state index < -0.39 is 17.8 Å². The van der Waals surface area contributed by atoms with Crippen LogP contribution in [0.1, 0.15) is 11.5 Å². The van der Waals surface area contributed by atoms with Crippen LogP contribution in [0.4, 0.5) is 0 Å². The van der Waals surface area contributed by atoms with Crippen molar-refractivity contribution in [1.82, 2.24) is 0 Å². The van der Waals surface area contributed by atoms with Crippen LogP contribution in [0.3, 0.4) is 0 Å². The molecule has 0 bridgehead atoms. The molecule has 1 aromatic carbocycles. The van der Waals surface area contributed by atoms with Crippen molar-refractivity contribution in [2.24, 2.45) is 11.7 Å². The molecule has 0 saturated carbocycles. The van der Waals surface area contributed by atoms with Crippen molar-refractivity contribution in [3.63, 3.8) is 0 Å². The van der Waals surface area contributed by atoms with Gasteiger partial charge in [-0.2, -0.15) is 0 Å². The van der Waals surface area contributed by atoms with Gasteiger partial charge in [0, 0.05) is 5.92 Å². The molecule has 1 aliphatic heterocycles. The first-order valence-electron chi connectivity index (χ1n) is 4.71. The fourth-order valence-electron chi connectivity index (χ4n) is 1.83. The third-order valence-electron chi connectivity index (χ3n) is 2.60. The molecule has 1 amide bonds. The Hall–Kier alpha value is -1.84. The van der Waals surface area contributed by atoms with E-state index in [-0.39, 0.29) is 12.5 Å². The summed E-state index contributed by atoms with van der Waals surface area (Å²) >= 11 is 0. The van der Waals surface area contributed by atoms with Gasteiger partial charge in [-0.1, -0.05) is 30.3 Å². The summed E-state index contributed by atoms with van der Waals surface area (Å²) in [4.78, 5) is 22.4. The standard InChI is InChI=1S/C11H11NO3/c12-10(13)9-8(6-15-11(9)14)7-4-2-1-3-5-7/h1-5,8-9H,6H2,(H2,12,13). The van der Waals surface area contributed by atoms with Crippen molar-refractivity contribution in [3.8, 4) is 0 Å². The lowest BCUT2D eigenvalue weighted by Gasteiger charge is -2.11. The van der Waals surface area contributed by atoms with E-state index in [4.69, 9.17) is 10.5 Å². The van der Waals surface area contributed by atoms with Crippen LogP contribution in [0.5, 0.6) is 0 Å². The summed E-state index contributed by atoms with van der Waals surface area (Å²) < 4.78 is 4.85. The summed E-state index contributed by atoms with van der Waals surface area (Å²) in [5.74, 6) is -2.22. The highest BCUT2D eigenvalue weighted by atomic mass is 16.5. The molecule has 0 aliphatic carbocycles. The average Bonchev–Trinajstić information content (AvgIpc) is 2.61. The molecule has 4 nitrogen and oxygen atoms in total. The third kappa shape index (κ3) is 1.70. The molecule has 2 unspecified atom stereocenters. The summed E-state index contributed by atoms with van der Waals surface area (Å²) in [6, 6.07) is 9.32. The van der Waals surface area contributed by atoms with Crippen LogP contribution in [0.25, 0.3) is 0 Å². The molecule has 0 radical (unpaired) electrons. The maximum absolute atomic E-state index is 11.3. The summed E-state index contributed by atoms with van der Waals surface area (Å²) in [5, 5.41) is 0. The molecule has 0 aromatic heterocycles. The normalized spacial score (nSPS) is 24.9. The minimum Gasteiger partial charge on any atom is -0.464 e. The maximum atomic E-state index is 11.3. The number of cyclic esters (lactones) is 1. The zero-order valence-corrected chi connectivity index (χ0v) is 8.05. The van der Waals surface area contributed by atoms with Crippen LogP contribution in [-0.4, -0.2) is 18.5 Å². The lowest BCUT2D eigenvalue weighted by molar-refractivity contribution is -0.144. The van der Waals surface area contributed by atoms with Crippen LogP contribution in [-0.2, 0) is 14.3 Å². The zero-order valence-electron chi connectivity index (χ0n) is 8.05. The minimum atomic E-state index is -0.840. The van der Waals surface area contributed by atoms with Gasteiger partial charge in [-0.05, 0) is 5.56 Å². The molecule has 2 rings (SSSR count). The Balaban J connectivity index is 2.30. The molecule has 1 aromatic rings. The molecule has 1 heterocycles. The van der Waals surface area contributed by atoms with Crippen LogP contribution in [0.2, 0.25) is 0 Å². The lowest BCUT2D eigenvalue weighted by atomic mass is 9.88. The number of carbonyl (C=O) groups excluding carboxylic acids is 2. The van der Waals surface area contributed by atoms with Crippen molar-refractivity contribution in [2.45, 2.75) is 5.92 Å². The highest BCUT2D eigenvalue weighted by Crippen LogP contribution is 2.31. The Morgan fingerprint density at radius 2 is 2.00 bits per heavy atom. The highest BCUT2D eigenvalue weighted by molar-refractivity contribution is 5.99. The molecular formula is C11H11NO3. The highest BCUT2D eigenvalue weighted by Gasteiger charge is 2.41. The van der Waals surface area contributed by atoms with Gasteiger partial charge >= 0.3 is 5.97 Å². The number of carbonyl (C=O) groups is 2. The van der Waals surface area contributed by atoms with E-state index >= 15 is 0 Å². The van der Waals surface area contributed by atoms with Crippen LogP contribution in [0.15, 0.2) is 30.3 Å². The molecule has 15 heavy (non-hydrogen) atoms. The number of hydrogen-bond donors (Lipinski definition) is 1. The summed E-state index contributed by atoms with van der Waals surface area (Å²) in [5.41, 5.74) is 6.09. The van der Waals surface area contributed by atoms with Gasteiger partial charge in [-0.3, -0.25) is 9.59 Å². The van der Waals surface area contributed by atoms with Gasteiger partial charge in [-0.15, -0.1) is 0 Å². The molecule has 1 aliphatic rings. The SMILES string of the molecule is NC(=O)C1C(=O)OCC1c1ccccc1. The van der Waals surface area contributed by atoms with Gasteiger partial charge in [0.2, 0.25) is 5.91 Å². The predicted molar refractivity (Wildman–Crippen MR) is 52.8 cm³/mol. The van der Waals surface area contributed by atoms with Crippen molar-refractivity contribution in [2.75, 3.05) is 6.61 Å². The second kappa shape index (κ2) is 3.73. The van der Waals surface area contributed by atoms with Crippen molar-refractivity contribution >= 4 is 11.9 Å². The number of esters is 1. The average molecular weight is 205 g/mol. The van der Waals surface area contributed by atoms with Gasteiger partial charge < -0.3 is 10.5 Å². The van der Waals surface area contributed by atoms with Gasteiger partial charge in [0.15, 0.2) is 0 Å². The third-order valence-corrected chi connectivity index (χ3v) is 2.60. The Morgan fingerprint density at radius 3 is 2.60 bits per heavy atom. The minimum absolute atomic E-state index is 0.233. The number of amides is 1. The van der Waals surface area contributed by atoms with E-state index in [1.165, 1.54) is 0 Å². The summed E-state index contributed by atoms with van der Waals surface area (Å²) in [6.07, 6.45) is 0. The molecule has 1 saturated heterocycles. The molecule has 4 heteroatoms. The largest absolute Gasteiger partial charge is 0.464 e. The number of nitrogens with two attached hydrogens (primary N) is 1. The maximum Gasteiger partial charge on any atom is 0.319 e. The Kier molecular flexibility index (Phi) is 2.41. The first-order chi connectivity index (χ1) is 7.20. The number of ether oxygens (including phenoxy) is 1. The fraction of sp³-hybridized carbons (Fsp3) is 0.273. The Morgan fingerprint density at radius 1 is 1.33 bits per heavy atom. The Labute approximate surface area is 87.0 Å². The molecular weight excluding hydrogens is 194 g/mol. The summed E-state index contributed by atoms with van der Waals surface area (Å²) in [7, 11) is 0. The van der Waals surface area contributed by atoms with Gasteiger partial charge in [0.1, 0.15) is 5.92 Å². The zero-order chi connectivity index (χ0) is 10.8. The molecule has 2 N–H and O–H groups in total. The van der Waals surface area contributed by atoms with Crippen molar-refractivity contribution in [3.05, 3.63) is 35.9 Å². The second-order valence-electron chi connectivity index (χ2n) is 3.53. The monoisotopic (exact) mass is 205 g/mol. The van der Waals surface area contributed by atoms with Crippen LogP contribution in [0, 0.1) is 5.92 Å². The van der Waals surface area contributed by atoms with Crippen molar-refractivity contribution < 1.29 is 14.3 Å². The molecule has 0 spiro atoms. The van der Waals surface area contributed by atoms with Gasteiger partial charge in [0.05, 0.1) is 6.61 Å².